The molecule has 0 aliphatic carbocycles. The summed E-state index contributed by atoms with van der Waals surface area (Å²) >= 11 is 5.86. The fourth-order valence-corrected chi connectivity index (χ4v) is 2.86. The van der Waals surface area contributed by atoms with Crippen LogP contribution in [0.15, 0.2) is 41.2 Å². The molecular weight excluding hydrogens is 330 g/mol. The van der Waals surface area contributed by atoms with Crippen molar-refractivity contribution in [3.8, 4) is 0 Å². The quantitative estimate of drug-likeness (QED) is 0.762. The monoisotopic (exact) mass is 345 g/mol. The lowest BCUT2D eigenvalue weighted by Crippen LogP contribution is -2.19. The number of nitrogens with one attached hydrogen (secondary N) is 1. The van der Waals surface area contributed by atoms with Crippen LogP contribution in [-0.2, 0) is 20.6 Å². The molecule has 0 amide bonds. The highest BCUT2D eigenvalue weighted by molar-refractivity contribution is 6.33. The summed E-state index contributed by atoms with van der Waals surface area (Å²) in [6.07, 6.45) is 0. The summed E-state index contributed by atoms with van der Waals surface area (Å²) in [5.41, 5.74) is 3.35. The van der Waals surface area contributed by atoms with Crippen LogP contribution in [-0.4, -0.2) is 20.2 Å². The number of hydrogen-bond acceptors (Lipinski definition) is 3. The number of imidazole rings is 1. The van der Waals surface area contributed by atoms with E-state index < -0.39 is 5.97 Å². The zero-order valence-corrected chi connectivity index (χ0v) is 14.0. The largest absolute Gasteiger partial charge is 0.478 e. The van der Waals surface area contributed by atoms with Gasteiger partial charge in [0.05, 0.1) is 21.6 Å². The van der Waals surface area contributed by atoms with E-state index in [-0.39, 0.29) is 16.3 Å². The summed E-state index contributed by atoms with van der Waals surface area (Å²) in [5, 5.41) is 12.5. The third-order valence-corrected chi connectivity index (χ3v) is 4.36. The van der Waals surface area contributed by atoms with Crippen molar-refractivity contribution < 1.29 is 9.90 Å². The Balaban J connectivity index is 1.86. The topological polar surface area (TPSA) is 76.3 Å². The predicted molar refractivity (Wildman–Crippen MR) is 93.9 cm³/mol. The summed E-state index contributed by atoms with van der Waals surface area (Å²) in [4.78, 5) is 23.1. The van der Waals surface area contributed by atoms with Crippen molar-refractivity contribution in [3.05, 3.63) is 63.0 Å². The maximum atomic E-state index is 12.0. The number of aryl methyl sites for hydroxylation is 2. The van der Waals surface area contributed by atoms with E-state index in [9.17, 15) is 9.59 Å². The highest BCUT2D eigenvalue weighted by Crippen LogP contribution is 2.21. The van der Waals surface area contributed by atoms with Crippen LogP contribution in [0.2, 0.25) is 5.02 Å². The van der Waals surface area contributed by atoms with E-state index in [4.69, 9.17) is 16.7 Å². The molecule has 7 heteroatoms. The second kappa shape index (κ2) is 6.05. The van der Waals surface area contributed by atoms with E-state index in [0.717, 1.165) is 16.6 Å². The minimum Gasteiger partial charge on any atom is -0.478 e. The summed E-state index contributed by atoms with van der Waals surface area (Å²) in [6, 6.07) is 10.6. The lowest BCUT2D eigenvalue weighted by Gasteiger charge is -2.09. The Kier molecular flexibility index (Phi) is 4.07. The Morgan fingerprint density at radius 2 is 1.83 bits per heavy atom. The number of rotatable bonds is 4. The molecule has 0 fully saturated rings. The molecule has 6 nitrogen and oxygen atoms in total. The van der Waals surface area contributed by atoms with Crippen molar-refractivity contribution in [1.82, 2.24) is 9.13 Å². The average Bonchev–Trinajstić information content (AvgIpc) is 2.78. The molecule has 0 unspecified atom stereocenters. The molecule has 0 radical (unpaired) electrons. The van der Waals surface area contributed by atoms with Gasteiger partial charge in [0.1, 0.15) is 0 Å². The molecular formula is C17H16ClN3O3. The summed E-state index contributed by atoms with van der Waals surface area (Å²) < 4.78 is 3.20. The van der Waals surface area contributed by atoms with E-state index >= 15 is 0 Å². The number of carboxylic acid groups (broad SMARTS) is 1. The third-order valence-electron chi connectivity index (χ3n) is 4.03. The standard InChI is InChI=1S/C17H16ClN3O3/c1-20-14-6-3-10(7-15(14)21(2)17(20)24)9-19-11-4-5-13(18)12(8-11)16(22)23/h3-8,19H,9H2,1-2H3,(H,22,23). The molecule has 0 aliphatic rings. The zero-order chi connectivity index (χ0) is 17.4. The number of carboxylic acids is 1. The van der Waals surface area contributed by atoms with Gasteiger partial charge in [-0.15, -0.1) is 0 Å². The number of aromatic nitrogens is 2. The molecule has 0 saturated carbocycles. The highest BCUT2D eigenvalue weighted by Gasteiger charge is 2.10. The molecule has 0 spiro atoms. The fraction of sp³-hybridized carbons (Fsp3) is 0.176. The van der Waals surface area contributed by atoms with Crippen LogP contribution in [0.4, 0.5) is 5.69 Å². The Morgan fingerprint density at radius 1 is 1.12 bits per heavy atom. The van der Waals surface area contributed by atoms with Gasteiger partial charge < -0.3 is 10.4 Å². The molecule has 0 atom stereocenters. The summed E-state index contributed by atoms with van der Waals surface area (Å²) in [7, 11) is 3.48. The molecule has 0 bridgehead atoms. The van der Waals surface area contributed by atoms with E-state index in [1.807, 2.05) is 18.2 Å². The number of anilines is 1. The molecule has 24 heavy (non-hydrogen) atoms. The van der Waals surface area contributed by atoms with Crippen LogP contribution in [0.3, 0.4) is 0 Å². The number of aromatic carboxylic acids is 1. The summed E-state index contributed by atoms with van der Waals surface area (Å²) in [5.74, 6) is -1.07. The van der Waals surface area contributed by atoms with E-state index in [2.05, 4.69) is 5.32 Å². The van der Waals surface area contributed by atoms with E-state index in [1.165, 1.54) is 6.07 Å². The lowest BCUT2D eigenvalue weighted by molar-refractivity contribution is 0.0697. The first-order valence-electron chi connectivity index (χ1n) is 7.29. The maximum Gasteiger partial charge on any atom is 0.337 e. The molecule has 3 aromatic rings. The number of nitrogens with zero attached hydrogens (tertiary/aromatic N) is 2. The van der Waals surface area contributed by atoms with Gasteiger partial charge in [-0.1, -0.05) is 17.7 Å². The van der Waals surface area contributed by atoms with Crippen LogP contribution >= 0.6 is 11.6 Å². The summed E-state index contributed by atoms with van der Waals surface area (Å²) in [6.45, 7) is 0.500. The molecule has 2 N–H and O–H groups in total. The van der Waals surface area contributed by atoms with Gasteiger partial charge in [0.15, 0.2) is 0 Å². The molecule has 0 aliphatic heterocycles. The van der Waals surface area contributed by atoms with Crippen LogP contribution in [0.5, 0.6) is 0 Å². The van der Waals surface area contributed by atoms with Gasteiger partial charge in [-0.2, -0.15) is 0 Å². The van der Waals surface area contributed by atoms with Gasteiger partial charge in [-0.3, -0.25) is 9.13 Å². The first kappa shape index (κ1) is 16.1. The minimum atomic E-state index is -1.07. The molecule has 1 heterocycles. The number of hydrogen-bond donors (Lipinski definition) is 2. The van der Waals surface area contributed by atoms with Crippen molar-refractivity contribution in [2.24, 2.45) is 14.1 Å². The molecule has 1 aromatic heterocycles. The van der Waals surface area contributed by atoms with Gasteiger partial charge in [-0.25, -0.2) is 9.59 Å². The van der Waals surface area contributed by atoms with Crippen molar-refractivity contribution in [2.45, 2.75) is 6.54 Å². The Bertz CT molecular complexity index is 1000. The number of benzene rings is 2. The average molecular weight is 346 g/mol. The van der Waals surface area contributed by atoms with Crippen molar-refractivity contribution in [1.29, 1.82) is 0 Å². The van der Waals surface area contributed by atoms with Crippen LogP contribution < -0.4 is 11.0 Å². The lowest BCUT2D eigenvalue weighted by atomic mass is 10.1. The third kappa shape index (κ3) is 2.76. The van der Waals surface area contributed by atoms with E-state index in [0.29, 0.717) is 12.2 Å². The van der Waals surface area contributed by atoms with Crippen molar-refractivity contribution in [3.63, 3.8) is 0 Å². The molecule has 2 aromatic carbocycles. The number of halogens is 1. The second-order valence-corrected chi connectivity index (χ2v) is 5.98. The maximum absolute atomic E-state index is 12.0. The SMILES string of the molecule is Cn1c(=O)n(C)c2cc(CNc3ccc(Cl)c(C(=O)O)c3)ccc21. The first-order valence-corrected chi connectivity index (χ1v) is 7.67. The van der Waals surface area contributed by atoms with Gasteiger partial charge in [0, 0.05) is 26.3 Å². The number of fused-ring (bicyclic) bond motifs is 1. The van der Waals surface area contributed by atoms with Gasteiger partial charge in [-0.05, 0) is 35.9 Å². The zero-order valence-electron chi connectivity index (χ0n) is 13.2. The Hall–Kier alpha value is -2.73. The minimum absolute atomic E-state index is 0.0579. The molecule has 3 rings (SSSR count). The highest BCUT2D eigenvalue weighted by atomic mass is 35.5. The predicted octanol–water partition coefficient (Wildman–Crippen LogP) is 2.84. The van der Waals surface area contributed by atoms with Crippen LogP contribution in [0.25, 0.3) is 11.0 Å². The van der Waals surface area contributed by atoms with E-state index in [1.54, 1.807) is 35.4 Å². The van der Waals surface area contributed by atoms with Crippen LogP contribution in [0, 0.1) is 0 Å². The van der Waals surface area contributed by atoms with Crippen molar-refractivity contribution >= 4 is 34.3 Å². The number of carbonyl (C=O) groups is 1. The van der Waals surface area contributed by atoms with Gasteiger partial charge in [0.2, 0.25) is 0 Å². The normalized spacial score (nSPS) is 11.0. The van der Waals surface area contributed by atoms with Crippen molar-refractivity contribution in [2.75, 3.05) is 5.32 Å². The Morgan fingerprint density at radius 3 is 2.54 bits per heavy atom. The van der Waals surface area contributed by atoms with Gasteiger partial charge in [0.25, 0.3) is 0 Å². The first-order chi connectivity index (χ1) is 11.4. The molecule has 124 valence electrons. The fourth-order valence-electron chi connectivity index (χ4n) is 2.67. The smallest absolute Gasteiger partial charge is 0.337 e. The Labute approximate surface area is 142 Å². The molecule has 0 saturated heterocycles. The second-order valence-electron chi connectivity index (χ2n) is 5.58. The van der Waals surface area contributed by atoms with Crippen LogP contribution in [0.1, 0.15) is 15.9 Å². The van der Waals surface area contributed by atoms with Gasteiger partial charge >= 0.3 is 11.7 Å².